The quantitative estimate of drug-likeness (QED) is 0.642. The van der Waals surface area contributed by atoms with Crippen LogP contribution in [0.15, 0.2) is 36.4 Å². The fourth-order valence-corrected chi connectivity index (χ4v) is 2.60. The highest BCUT2D eigenvalue weighted by Crippen LogP contribution is 2.28. The lowest BCUT2D eigenvalue weighted by molar-refractivity contribution is -0.384. The first kappa shape index (κ1) is 18.0. The fraction of sp³-hybridized carbons (Fsp3) is 0.188. The molecule has 0 spiro atoms. The number of anilines is 1. The maximum absolute atomic E-state index is 12.1. The number of nitrogens with zero attached hydrogens (tertiary/aromatic N) is 2. The Balaban J connectivity index is 2.36. The van der Waals surface area contributed by atoms with Crippen LogP contribution in [0, 0.1) is 10.1 Å². The van der Waals surface area contributed by atoms with Gasteiger partial charge in [0, 0.05) is 32.8 Å². The van der Waals surface area contributed by atoms with Crippen molar-refractivity contribution in [3.05, 3.63) is 67.7 Å². The van der Waals surface area contributed by atoms with Crippen molar-refractivity contribution in [2.45, 2.75) is 6.54 Å². The van der Waals surface area contributed by atoms with E-state index in [0.29, 0.717) is 22.3 Å². The molecule has 8 heteroatoms. The second-order valence-electron chi connectivity index (χ2n) is 5.14. The average Bonchev–Trinajstić information content (AvgIpc) is 2.56. The summed E-state index contributed by atoms with van der Waals surface area (Å²) in [7, 11) is 3.26. The van der Waals surface area contributed by atoms with Gasteiger partial charge in [-0.3, -0.25) is 14.9 Å². The fourth-order valence-electron chi connectivity index (χ4n) is 2.28. The minimum atomic E-state index is -0.533. The highest BCUT2D eigenvalue weighted by molar-refractivity contribution is 6.42. The molecule has 0 atom stereocenters. The summed E-state index contributed by atoms with van der Waals surface area (Å²) in [6, 6.07) is 9.45. The molecule has 0 aromatic heterocycles. The number of nitro benzene ring substituents is 1. The lowest BCUT2D eigenvalue weighted by atomic mass is 10.1. The molecule has 0 saturated heterocycles. The number of nitrogens with one attached hydrogen (secondary N) is 1. The zero-order valence-corrected chi connectivity index (χ0v) is 14.6. The van der Waals surface area contributed by atoms with Crippen molar-refractivity contribution in [2.75, 3.05) is 19.0 Å². The number of non-ortho nitro benzene ring substituents is 1. The summed E-state index contributed by atoms with van der Waals surface area (Å²) >= 11 is 11.9. The molecule has 2 aromatic rings. The highest BCUT2D eigenvalue weighted by Gasteiger charge is 2.18. The van der Waals surface area contributed by atoms with E-state index in [0.717, 1.165) is 5.56 Å². The molecule has 0 heterocycles. The van der Waals surface area contributed by atoms with Gasteiger partial charge >= 0.3 is 0 Å². The summed E-state index contributed by atoms with van der Waals surface area (Å²) in [6.07, 6.45) is 0. The second kappa shape index (κ2) is 7.51. The van der Waals surface area contributed by atoms with Gasteiger partial charge in [0.15, 0.2) is 0 Å². The number of rotatable bonds is 5. The topological polar surface area (TPSA) is 75.5 Å². The van der Waals surface area contributed by atoms with Crippen LogP contribution in [-0.2, 0) is 6.54 Å². The van der Waals surface area contributed by atoms with Crippen molar-refractivity contribution in [3.63, 3.8) is 0 Å². The Morgan fingerprint density at radius 3 is 2.50 bits per heavy atom. The van der Waals surface area contributed by atoms with Crippen LogP contribution in [0.2, 0.25) is 10.0 Å². The van der Waals surface area contributed by atoms with Crippen LogP contribution in [-0.4, -0.2) is 24.9 Å². The molecule has 0 unspecified atom stereocenters. The van der Waals surface area contributed by atoms with Gasteiger partial charge in [-0.2, -0.15) is 0 Å². The van der Waals surface area contributed by atoms with Gasteiger partial charge in [0.05, 0.1) is 26.2 Å². The first-order chi connectivity index (χ1) is 11.3. The molecule has 24 heavy (non-hydrogen) atoms. The van der Waals surface area contributed by atoms with Crippen LogP contribution in [0.5, 0.6) is 0 Å². The molecule has 1 N–H and O–H groups in total. The molecule has 0 saturated carbocycles. The Kier molecular flexibility index (Phi) is 5.64. The normalized spacial score (nSPS) is 10.3. The van der Waals surface area contributed by atoms with Crippen LogP contribution in [0.25, 0.3) is 0 Å². The van der Waals surface area contributed by atoms with Gasteiger partial charge in [0.1, 0.15) is 0 Å². The third-order valence-corrected chi connectivity index (χ3v) is 4.22. The van der Waals surface area contributed by atoms with E-state index in [1.54, 1.807) is 25.2 Å². The van der Waals surface area contributed by atoms with Gasteiger partial charge in [-0.15, -0.1) is 0 Å². The number of halogens is 2. The highest BCUT2D eigenvalue weighted by atomic mass is 35.5. The van der Waals surface area contributed by atoms with E-state index < -0.39 is 10.8 Å². The lowest BCUT2D eigenvalue weighted by Gasteiger charge is -2.22. The number of carbonyl (C=O) groups excluding carboxylic acids is 1. The van der Waals surface area contributed by atoms with Crippen LogP contribution < -0.4 is 10.2 Å². The minimum Gasteiger partial charge on any atom is -0.370 e. The number of hydrogen-bond acceptors (Lipinski definition) is 4. The molecule has 0 bridgehead atoms. The molecular weight excluding hydrogens is 353 g/mol. The smallest absolute Gasteiger partial charge is 0.270 e. The molecule has 0 aliphatic carbocycles. The van der Waals surface area contributed by atoms with Crippen LogP contribution in [0.3, 0.4) is 0 Å². The van der Waals surface area contributed by atoms with Crippen molar-refractivity contribution in [3.8, 4) is 0 Å². The van der Waals surface area contributed by atoms with Gasteiger partial charge in [0.25, 0.3) is 11.6 Å². The zero-order chi connectivity index (χ0) is 17.9. The molecular formula is C16H15Cl2N3O3. The Bertz CT molecular complexity index is 796. The van der Waals surface area contributed by atoms with Crippen LogP contribution >= 0.6 is 23.2 Å². The van der Waals surface area contributed by atoms with E-state index in [1.807, 2.05) is 11.0 Å². The monoisotopic (exact) mass is 367 g/mol. The number of nitro groups is 1. The summed E-state index contributed by atoms with van der Waals surface area (Å²) in [5.74, 6) is -0.394. The van der Waals surface area contributed by atoms with Crippen molar-refractivity contribution >= 4 is 40.5 Å². The summed E-state index contributed by atoms with van der Waals surface area (Å²) in [6.45, 7) is 0.457. The van der Waals surface area contributed by atoms with Crippen molar-refractivity contribution < 1.29 is 9.72 Å². The molecule has 2 aromatic carbocycles. The van der Waals surface area contributed by atoms with E-state index in [9.17, 15) is 14.9 Å². The first-order valence-corrected chi connectivity index (χ1v) is 7.74. The molecule has 0 aliphatic heterocycles. The van der Waals surface area contributed by atoms with Gasteiger partial charge in [-0.05, 0) is 23.8 Å². The standard InChI is InChI=1S/C16H15Cl2N3O3/c1-19-16(22)12-8-11(21(23)24)4-6-15(12)20(2)9-10-3-5-13(17)14(18)7-10/h3-8H,9H2,1-2H3,(H,19,22). The molecule has 1 amide bonds. The van der Waals surface area contributed by atoms with E-state index >= 15 is 0 Å². The number of carbonyl (C=O) groups is 1. The van der Waals surface area contributed by atoms with Gasteiger partial charge in [0.2, 0.25) is 0 Å². The van der Waals surface area contributed by atoms with Crippen molar-refractivity contribution in [1.82, 2.24) is 5.32 Å². The van der Waals surface area contributed by atoms with Gasteiger partial charge in [-0.25, -0.2) is 0 Å². The van der Waals surface area contributed by atoms with E-state index in [1.165, 1.54) is 19.2 Å². The molecule has 0 radical (unpaired) electrons. The van der Waals surface area contributed by atoms with E-state index in [-0.39, 0.29) is 11.3 Å². The number of benzene rings is 2. The third kappa shape index (κ3) is 3.96. The van der Waals surface area contributed by atoms with E-state index in [2.05, 4.69) is 5.32 Å². The van der Waals surface area contributed by atoms with E-state index in [4.69, 9.17) is 23.2 Å². The van der Waals surface area contributed by atoms with Gasteiger partial charge in [-0.1, -0.05) is 29.3 Å². The Morgan fingerprint density at radius 1 is 1.21 bits per heavy atom. The molecule has 0 aliphatic rings. The maximum Gasteiger partial charge on any atom is 0.270 e. The third-order valence-electron chi connectivity index (χ3n) is 3.48. The molecule has 126 valence electrons. The van der Waals surface area contributed by atoms with Crippen molar-refractivity contribution in [2.24, 2.45) is 0 Å². The SMILES string of the molecule is CNC(=O)c1cc([N+](=O)[O-])ccc1N(C)Cc1ccc(Cl)c(Cl)c1. The average molecular weight is 368 g/mol. The Hall–Kier alpha value is -2.31. The predicted octanol–water partition coefficient (Wildman–Crippen LogP) is 3.90. The summed E-state index contributed by atoms with van der Waals surface area (Å²) in [4.78, 5) is 24.3. The van der Waals surface area contributed by atoms with Gasteiger partial charge < -0.3 is 10.2 Å². The Labute approximate surface area is 149 Å². The molecule has 6 nitrogen and oxygen atoms in total. The maximum atomic E-state index is 12.1. The number of hydrogen-bond donors (Lipinski definition) is 1. The molecule has 0 fully saturated rings. The molecule has 2 rings (SSSR count). The zero-order valence-electron chi connectivity index (χ0n) is 13.0. The first-order valence-electron chi connectivity index (χ1n) is 6.99. The summed E-state index contributed by atoms with van der Waals surface area (Å²) in [5.41, 5.74) is 1.56. The summed E-state index contributed by atoms with van der Waals surface area (Å²) < 4.78 is 0. The van der Waals surface area contributed by atoms with Crippen molar-refractivity contribution in [1.29, 1.82) is 0 Å². The largest absolute Gasteiger partial charge is 0.370 e. The number of amides is 1. The summed E-state index contributed by atoms with van der Waals surface area (Å²) in [5, 5.41) is 14.3. The predicted molar refractivity (Wildman–Crippen MR) is 95.1 cm³/mol. The second-order valence-corrected chi connectivity index (χ2v) is 5.96. The lowest BCUT2D eigenvalue weighted by Crippen LogP contribution is -2.24. The Morgan fingerprint density at radius 2 is 1.92 bits per heavy atom. The minimum absolute atomic E-state index is 0.139. The van der Waals surface area contributed by atoms with Crippen LogP contribution in [0.4, 0.5) is 11.4 Å². The van der Waals surface area contributed by atoms with Crippen LogP contribution in [0.1, 0.15) is 15.9 Å².